The van der Waals surface area contributed by atoms with Gasteiger partial charge in [-0.1, -0.05) is 6.07 Å². The van der Waals surface area contributed by atoms with Crippen molar-refractivity contribution >= 4 is 33.8 Å². The third kappa shape index (κ3) is 1.89. The largest absolute Gasteiger partial charge is 0.331 e. The van der Waals surface area contributed by atoms with E-state index in [1.165, 1.54) is 11.3 Å². The van der Waals surface area contributed by atoms with Crippen molar-refractivity contribution in [2.24, 2.45) is 0 Å². The predicted octanol–water partition coefficient (Wildman–Crippen LogP) is 2.56. The second-order valence-electron chi connectivity index (χ2n) is 3.85. The fourth-order valence-electron chi connectivity index (χ4n) is 1.79. The molecule has 3 aromatic rings. The fourth-order valence-corrected chi connectivity index (χ4v) is 2.84. The second-order valence-corrected chi connectivity index (χ2v) is 5.15. The van der Waals surface area contributed by atoms with E-state index in [0.717, 1.165) is 11.1 Å². The quantitative estimate of drug-likeness (QED) is 0.731. The van der Waals surface area contributed by atoms with E-state index < -0.39 is 0 Å². The molecule has 6 heteroatoms. The van der Waals surface area contributed by atoms with Crippen LogP contribution >= 0.6 is 23.6 Å². The van der Waals surface area contributed by atoms with E-state index in [0.29, 0.717) is 16.0 Å². The molecular formula is C12H9N3OS2. The Kier molecular flexibility index (Phi) is 2.81. The van der Waals surface area contributed by atoms with Crippen molar-refractivity contribution in [3.05, 3.63) is 56.7 Å². The summed E-state index contributed by atoms with van der Waals surface area (Å²) >= 11 is 6.64. The van der Waals surface area contributed by atoms with E-state index in [-0.39, 0.29) is 5.56 Å². The van der Waals surface area contributed by atoms with Gasteiger partial charge in [0, 0.05) is 12.4 Å². The first-order valence-corrected chi connectivity index (χ1v) is 6.64. The van der Waals surface area contributed by atoms with Gasteiger partial charge in [-0.3, -0.25) is 14.3 Å². The van der Waals surface area contributed by atoms with Crippen LogP contribution in [0.1, 0.15) is 5.56 Å². The lowest BCUT2D eigenvalue weighted by Crippen LogP contribution is -2.21. The van der Waals surface area contributed by atoms with Crippen LogP contribution in [0, 0.1) is 4.77 Å². The summed E-state index contributed by atoms with van der Waals surface area (Å²) in [5.41, 5.74) is 1.71. The number of hydrogen-bond acceptors (Lipinski definition) is 4. The molecule has 18 heavy (non-hydrogen) atoms. The van der Waals surface area contributed by atoms with Gasteiger partial charge in [-0.15, -0.1) is 11.3 Å². The highest BCUT2D eigenvalue weighted by molar-refractivity contribution is 7.71. The Balaban J connectivity index is 2.18. The Morgan fingerprint density at radius 1 is 1.44 bits per heavy atom. The standard InChI is InChI=1S/C12H9N3OS2/c16-11-10-9(3-5-18-10)14-12(17)15(11)7-8-2-1-4-13-6-8/h1-6H,7H2,(H,14,17). The van der Waals surface area contributed by atoms with Gasteiger partial charge in [-0.25, -0.2) is 0 Å². The summed E-state index contributed by atoms with van der Waals surface area (Å²) in [6.45, 7) is 0.440. The number of fused-ring (bicyclic) bond motifs is 1. The van der Waals surface area contributed by atoms with Crippen LogP contribution in [-0.2, 0) is 6.54 Å². The highest BCUT2D eigenvalue weighted by Crippen LogP contribution is 2.14. The molecule has 90 valence electrons. The summed E-state index contributed by atoms with van der Waals surface area (Å²) in [7, 11) is 0. The first-order chi connectivity index (χ1) is 8.75. The minimum atomic E-state index is -0.0485. The van der Waals surface area contributed by atoms with Gasteiger partial charge < -0.3 is 4.98 Å². The fraction of sp³-hybridized carbons (Fsp3) is 0.0833. The third-order valence-corrected chi connectivity index (χ3v) is 3.88. The minimum absolute atomic E-state index is 0.0485. The monoisotopic (exact) mass is 275 g/mol. The minimum Gasteiger partial charge on any atom is -0.331 e. The Morgan fingerprint density at radius 3 is 3.11 bits per heavy atom. The predicted molar refractivity (Wildman–Crippen MR) is 74.6 cm³/mol. The first-order valence-electron chi connectivity index (χ1n) is 5.35. The number of aromatic nitrogens is 3. The molecule has 0 aliphatic heterocycles. The van der Waals surface area contributed by atoms with Gasteiger partial charge in [0.15, 0.2) is 4.77 Å². The number of pyridine rings is 1. The number of nitrogens with zero attached hydrogens (tertiary/aromatic N) is 2. The Bertz CT molecular complexity index is 801. The van der Waals surface area contributed by atoms with Gasteiger partial charge in [0.2, 0.25) is 0 Å². The molecule has 3 rings (SSSR count). The zero-order valence-electron chi connectivity index (χ0n) is 9.29. The van der Waals surface area contributed by atoms with Crippen LogP contribution in [0.3, 0.4) is 0 Å². The van der Waals surface area contributed by atoms with Crippen LogP contribution < -0.4 is 5.56 Å². The maximum Gasteiger partial charge on any atom is 0.272 e. The summed E-state index contributed by atoms with van der Waals surface area (Å²) in [6, 6.07) is 5.63. The number of thiophene rings is 1. The molecule has 0 saturated heterocycles. The van der Waals surface area contributed by atoms with Crippen molar-refractivity contribution in [1.82, 2.24) is 14.5 Å². The molecule has 0 bridgehead atoms. The summed E-state index contributed by atoms with van der Waals surface area (Å²) < 4.78 is 2.70. The molecule has 0 fully saturated rings. The van der Waals surface area contributed by atoms with Crippen molar-refractivity contribution < 1.29 is 0 Å². The molecule has 0 radical (unpaired) electrons. The van der Waals surface area contributed by atoms with E-state index in [4.69, 9.17) is 12.2 Å². The lowest BCUT2D eigenvalue weighted by Gasteiger charge is -2.05. The lowest BCUT2D eigenvalue weighted by molar-refractivity contribution is 0.733. The van der Waals surface area contributed by atoms with Crippen molar-refractivity contribution in [1.29, 1.82) is 0 Å². The van der Waals surface area contributed by atoms with Crippen LogP contribution in [0.25, 0.3) is 10.2 Å². The average molecular weight is 275 g/mol. The van der Waals surface area contributed by atoms with Crippen LogP contribution in [0.5, 0.6) is 0 Å². The normalized spacial score (nSPS) is 10.9. The molecule has 0 spiro atoms. The Hall–Kier alpha value is -1.79. The van der Waals surface area contributed by atoms with E-state index in [2.05, 4.69) is 9.97 Å². The molecule has 0 aromatic carbocycles. The number of rotatable bonds is 2. The van der Waals surface area contributed by atoms with Gasteiger partial charge in [0.05, 0.1) is 12.1 Å². The van der Waals surface area contributed by atoms with E-state index in [9.17, 15) is 4.79 Å². The molecule has 0 unspecified atom stereocenters. The summed E-state index contributed by atoms with van der Waals surface area (Å²) in [5, 5.41) is 1.88. The van der Waals surface area contributed by atoms with Gasteiger partial charge in [-0.05, 0) is 35.3 Å². The molecule has 0 saturated carbocycles. The van der Waals surface area contributed by atoms with Crippen molar-refractivity contribution in [2.45, 2.75) is 6.54 Å². The van der Waals surface area contributed by atoms with Crippen molar-refractivity contribution in [2.75, 3.05) is 0 Å². The van der Waals surface area contributed by atoms with E-state index in [1.807, 2.05) is 23.6 Å². The number of nitrogens with one attached hydrogen (secondary N) is 1. The number of hydrogen-bond donors (Lipinski definition) is 1. The highest BCUT2D eigenvalue weighted by Gasteiger charge is 2.07. The van der Waals surface area contributed by atoms with Crippen molar-refractivity contribution in [3.63, 3.8) is 0 Å². The molecule has 3 heterocycles. The number of H-pyrrole nitrogens is 1. The van der Waals surface area contributed by atoms with Crippen LogP contribution in [0.15, 0.2) is 40.8 Å². The van der Waals surface area contributed by atoms with E-state index >= 15 is 0 Å². The molecule has 0 atom stereocenters. The van der Waals surface area contributed by atoms with Crippen LogP contribution in [-0.4, -0.2) is 14.5 Å². The molecule has 1 N–H and O–H groups in total. The number of aromatic amines is 1. The van der Waals surface area contributed by atoms with Gasteiger partial charge in [0.1, 0.15) is 4.70 Å². The average Bonchev–Trinajstić information content (AvgIpc) is 2.84. The molecule has 3 aromatic heterocycles. The topological polar surface area (TPSA) is 50.7 Å². The van der Waals surface area contributed by atoms with Gasteiger partial charge in [-0.2, -0.15) is 0 Å². The van der Waals surface area contributed by atoms with Gasteiger partial charge >= 0.3 is 0 Å². The third-order valence-electron chi connectivity index (χ3n) is 2.65. The zero-order chi connectivity index (χ0) is 12.5. The Morgan fingerprint density at radius 2 is 2.33 bits per heavy atom. The summed E-state index contributed by atoms with van der Waals surface area (Å²) in [5.74, 6) is 0. The first kappa shape index (κ1) is 11.3. The molecule has 4 nitrogen and oxygen atoms in total. The lowest BCUT2D eigenvalue weighted by atomic mass is 10.3. The summed E-state index contributed by atoms with van der Waals surface area (Å²) in [6.07, 6.45) is 3.44. The maximum atomic E-state index is 12.3. The van der Waals surface area contributed by atoms with E-state index in [1.54, 1.807) is 17.0 Å². The molecule has 0 aliphatic rings. The van der Waals surface area contributed by atoms with Crippen LogP contribution in [0.4, 0.5) is 0 Å². The zero-order valence-corrected chi connectivity index (χ0v) is 10.9. The maximum absolute atomic E-state index is 12.3. The second kappa shape index (κ2) is 4.47. The smallest absolute Gasteiger partial charge is 0.272 e. The van der Waals surface area contributed by atoms with Gasteiger partial charge in [0.25, 0.3) is 5.56 Å². The molecule has 0 amide bonds. The SMILES string of the molecule is O=c1c2sccc2[nH]c(=S)n1Cc1cccnc1. The molecule has 0 aliphatic carbocycles. The molecular weight excluding hydrogens is 266 g/mol. The Labute approximate surface area is 112 Å². The highest BCUT2D eigenvalue weighted by atomic mass is 32.1. The van der Waals surface area contributed by atoms with Crippen LogP contribution in [0.2, 0.25) is 0 Å². The summed E-state index contributed by atoms with van der Waals surface area (Å²) in [4.78, 5) is 19.4. The van der Waals surface area contributed by atoms with Crippen molar-refractivity contribution in [3.8, 4) is 0 Å².